The molecule has 19 heavy (non-hydrogen) atoms. The van der Waals surface area contributed by atoms with Crippen molar-refractivity contribution in [3.8, 4) is 0 Å². The average Bonchev–Trinajstić information content (AvgIpc) is 2.38. The summed E-state index contributed by atoms with van der Waals surface area (Å²) in [4.78, 5) is 0. The van der Waals surface area contributed by atoms with Crippen molar-refractivity contribution in [2.45, 2.75) is 40.2 Å². The molecule has 1 heterocycles. The van der Waals surface area contributed by atoms with Crippen LogP contribution in [0.15, 0.2) is 24.3 Å². The Morgan fingerprint density at radius 2 is 2.05 bits per heavy atom. The van der Waals surface area contributed by atoms with E-state index < -0.39 is 0 Å². The molecule has 1 aromatic rings. The normalized spacial score (nSPS) is 19.5. The average molecular weight is 260 g/mol. The lowest BCUT2D eigenvalue weighted by Crippen LogP contribution is -2.40. The van der Waals surface area contributed by atoms with Gasteiger partial charge in [0.1, 0.15) is 0 Å². The molecule has 1 aliphatic rings. The van der Waals surface area contributed by atoms with Crippen molar-refractivity contribution < 1.29 is 0 Å². The summed E-state index contributed by atoms with van der Waals surface area (Å²) in [6.07, 6.45) is 1.16. The molecule has 0 spiro atoms. The third-order valence-corrected chi connectivity index (χ3v) is 4.71. The Bertz CT molecular complexity index is 409. The molecule has 1 unspecified atom stereocenters. The van der Waals surface area contributed by atoms with Crippen LogP contribution < -0.4 is 10.6 Å². The van der Waals surface area contributed by atoms with Crippen LogP contribution in [0.1, 0.15) is 44.9 Å². The minimum absolute atomic E-state index is 0.355. The first-order valence-electron chi connectivity index (χ1n) is 7.52. The molecule has 1 aromatic carbocycles. The molecule has 0 aromatic heterocycles. The minimum atomic E-state index is 0.355. The predicted octanol–water partition coefficient (Wildman–Crippen LogP) is 3.15. The molecule has 0 bridgehead atoms. The zero-order valence-corrected chi connectivity index (χ0v) is 12.8. The van der Waals surface area contributed by atoms with Gasteiger partial charge in [-0.2, -0.15) is 0 Å². The van der Waals surface area contributed by atoms with Crippen molar-refractivity contribution in [1.29, 1.82) is 0 Å². The number of benzene rings is 1. The second-order valence-electron chi connectivity index (χ2n) is 6.73. The monoisotopic (exact) mass is 260 g/mol. The van der Waals surface area contributed by atoms with Crippen molar-refractivity contribution in [2.75, 3.05) is 19.6 Å². The van der Waals surface area contributed by atoms with E-state index in [1.54, 1.807) is 0 Å². The van der Waals surface area contributed by atoms with Gasteiger partial charge in [0.25, 0.3) is 0 Å². The Labute approximate surface area is 118 Å². The highest BCUT2D eigenvalue weighted by Crippen LogP contribution is 2.26. The number of fused-ring (bicyclic) bond motifs is 1. The van der Waals surface area contributed by atoms with Crippen LogP contribution in [-0.2, 0) is 6.42 Å². The van der Waals surface area contributed by atoms with Crippen molar-refractivity contribution in [2.24, 2.45) is 11.3 Å². The van der Waals surface area contributed by atoms with Crippen LogP contribution in [-0.4, -0.2) is 19.6 Å². The molecule has 0 fully saturated rings. The maximum Gasteiger partial charge on any atom is 0.0449 e. The summed E-state index contributed by atoms with van der Waals surface area (Å²) < 4.78 is 0. The second-order valence-corrected chi connectivity index (χ2v) is 6.73. The zero-order valence-electron chi connectivity index (χ0n) is 12.8. The molecule has 1 aliphatic heterocycles. The van der Waals surface area contributed by atoms with Gasteiger partial charge < -0.3 is 10.6 Å². The molecule has 1 atom stereocenters. The maximum atomic E-state index is 3.66. The van der Waals surface area contributed by atoms with Gasteiger partial charge in [-0.05, 0) is 35.4 Å². The maximum absolute atomic E-state index is 3.66. The Morgan fingerprint density at radius 3 is 2.79 bits per heavy atom. The van der Waals surface area contributed by atoms with Crippen molar-refractivity contribution in [3.63, 3.8) is 0 Å². The van der Waals surface area contributed by atoms with Crippen LogP contribution in [0.2, 0.25) is 0 Å². The first-order valence-corrected chi connectivity index (χ1v) is 7.52. The van der Waals surface area contributed by atoms with Gasteiger partial charge in [-0.25, -0.2) is 0 Å². The summed E-state index contributed by atoms with van der Waals surface area (Å²) in [5.41, 5.74) is 3.34. The molecule has 2 nitrogen and oxygen atoms in total. The Balaban J connectivity index is 1.91. The van der Waals surface area contributed by atoms with E-state index in [0.29, 0.717) is 17.4 Å². The molecule has 2 heteroatoms. The lowest BCUT2D eigenvalue weighted by atomic mass is 9.81. The number of nitrogens with one attached hydrogen (secondary N) is 2. The van der Waals surface area contributed by atoms with Gasteiger partial charge in [0, 0.05) is 19.1 Å². The third kappa shape index (κ3) is 3.58. The van der Waals surface area contributed by atoms with Crippen LogP contribution >= 0.6 is 0 Å². The molecule has 0 radical (unpaired) electrons. The smallest absolute Gasteiger partial charge is 0.0449 e. The fraction of sp³-hybridized carbons (Fsp3) is 0.647. The predicted molar refractivity (Wildman–Crippen MR) is 82.4 cm³/mol. The quantitative estimate of drug-likeness (QED) is 0.850. The summed E-state index contributed by atoms with van der Waals surface area (Å²) in [5, 5.41) is 7.28. The highest BCUT2D eigenvalue weighted by molar-refractivity contribution is 5.32. The molecule has 0 aliphatic carbocycles. The van der Waals surface area contributed by atoms with Gasteiger partial charge in [-0.1, -0.05) is 52.0 Å². The highest BCUT2D eigenvalue weighted by Gasteiger charge is 2.23. The minimum Gasteiger partial charge on any atom is -0.314 e. The summed E-state index contributed by atoms with van der Waals surface area (Å²) in [6.45, 7) is 12.5. The van der Waals surface area contributed by atoms with E-state index in [4.69, 9.17) is 0 Å². The summed E-state index contributed by atoms with van der Waals surface area (Å²) in [5.74, 6) is 0.701. The molecular weight excluding hydrogens is 232 g/mol. The molecular formula is C17H28N2. The van der Waals surface area contributed by atoms with E-state index >= 15 is 0 Å². The summed E-state index contributed by atoms with van der Waals surface area (Å²) in [6, 6.07) is 9.30. The lowest BCUT2D eigenvalue weighted by Gasteiger charge is -2.32. The van der Waals surface area contributed by atoms with Gasteiger partial charge >= 0.3 is 0 Å². The van der Waals surface area contributed by atoms with E-state index in [-0.39, 0.29) is 0 Å². The molecule has 0 saturated carbocycles. The summed E-state index contributed by atoms with van der Waals surface area (Å²) >= 11 is 0. The van der Waals surface area contributed by atoms with Gasteiger partial charge in [0.2, 0.25) is 0 Å². The first kappa shape index (κ1) is 14.5. The van der Waals surface area contributed by atoms with Crippen molar-refractivity contribution in [3.05, 3.63) is 35.4 Å². The number of hydrogen-bond acceptors (Lipinski definition) is 2. The van der Waals surface area contributed by atoms with E-state index in [9.17, 15) is 0 Å². The van der Waals surface area contributed by atoms with Crippen LogP contribution in [0.25, 0.3) is 0 Å². The van der Waals surface area contributed by atoms with Crippen LogP contribution in [0.4, 0.5) is 0 Å². The Kier molecular flexibility index (Phi) is 4.64. The van der Waals surface area contributed by atoms with E-state index in [1.807, 2.05) is 0 Å². The van der Waals surface area contributed by atoms with Crippen LogP contribution in [0.5, 0.6) is 0 Å². The van der Waals surface area contributed by atoms with E-state index in [0.717, 1.165) is 26.1 Å². The van der Waals surface area contributed by atoms with E-state index in [2.05, 4.69) is 62.6 Å². The SMILES string of the molecule is CC(C)C(C)(C)CNCC1NCCc2ccccc21. The lowest BCUT2D eigenvalue weighted by molar-refractivity contribution is 0.234. The molecule has 0 amide bonds. The topological polar surface area (TPSA) is 24.1 Å². The first-order chi connectivity index (χ1) is 9.00. The zero-order chi connectivity index (χ0) is 13.9. The Hall–Kier alpha value is -0.860. The third-order valence-electron chi connectivity index (χ3n) is 4.71. The van der Waals surface area contributed by atoms with E-state index in [1.165, 1.54) is 11.1 Å². The highest BCUT2D eigenvalue weighted by atomic mass is 15.0. The van der Waals surface area contributed by atoms with Gasteiger partial charge in [0.05, 0.1) is 0 Å². The fourth-order valence-corrected chi connectivity index (χ4v) is 2.52. The van der Waals surface area contributed by atoms with Gasteiger partial charge in [-0.3, -0.25) is 0 Å². The van der Waals surface area contributed by atoms with Gasteiger partial charge in [-0.15, -0.1) is 0 Å². The molecule has 106 valence electrons. The van der Waals surface area contributed by atoms with Gasteiger partial charge in [0.15, 0.2) is 0 Å². The molecule has 2 rings (SSSR count). The number of hydrogen-bond donors (Lipinski definition) is 2. The van der Waals surface area contributed by atoms with Crippen LogP contribution in [0, 0.1) is 11.3 Å². The Morgan fingerprint density at radius 1 is 1.32 bits per heavy atom. The second kappa shape index (κ2) is 6.06. The fourth-order valence-electron chi connectivity index (χ4n) is 2.52. The van der Waals surface area contributed by atoms with Crippen LogP contribution in [0.3, 0.4) is 0 Å². The molecule has 2 N–H and O–H groups in total. The summed E-state index contributed by atoms with van der Waals surface area (Å²) in [7, 11) is 0. The van der Waals surface area contributed by atoms with Crippen molar-refractivity contribution in [1.82, 2.24) is 10.6 Å². The number of rotatable bonds is 5. The largest absolute Gasteiger partial charge is 0.314 e. The standard InChI is InChI=1S/C17H28N2/c1-13(2)17(3,4)12-18-11-16-15-8-6-5-7-14(15)9-10-19-16/h5-8,13,16,18-19H,9-12H2,1-4H3. The molecule has 0 saturated heterocycles. The van der Waals surface area contributed by atoms with Crippen molar-refractivity contribution >= 4 is 0 Å².